The first-order valence-corrected chi connectivity index (χ1v) is 9.85. The van der Waals surface area contributed by atoms with E-state index in [-0.39, 0.29) is 11.2 Å². The molecular formula is C18H25N5O2S. The van der Waals surface area contributed by atoms with Crippen LogP contribution >= 0.6 is 11.8 Å². The summed E-state index contributed by atoms with van der Waals surface area (Å²) >= 11 is 1.37. The van der Waals surface area contributed by atoms with Gasteiger partial charge in [-0.25, -0.2) is 0 Å². The van der Waals surface area contributed by atoms with Crippen molar-refractivity contribution in [3.8, 4) is 11.4 Å². The highest BCUT2D eigenvalue weighted by atomic mass is 32.2. The first-order chi connectivity index (χ1) is 12.6. The molecule has 1 fully saturated rings. The van der Waals surface area contributed by atoms with Crippen molar-refractivity contribution in [2.24, 2.45) is 0 Å². The molecule has 0 radical (unpaired) electrons. The van der Waals surface area contributed by atoms with Crippen LogP contribution in [-0.2, 0) is 4.79 Å². The molecule has 2 aromatic rings. The van der Waals surface area contributed by atoms with Gasteiger partial charge in [-0.1, -0.05) is 43.2 Å². The first-order valence-electron chi connectivity index (χ1n) is 8.97. The van der Waals surface area contributed by atoms with E-state index in [2.05, 4.69) is 15.5 Å². The molecule has 1 aliphatic carbocycles. The predicted octanol–water partition coefficient (Wildman–Crippen LogP) is 2.94. The van der Waals surface area contributed by atoms with E-state index in [0.717, 1.165) is 18.5 Å². The molecule has 0 saturated heterocycles. The third kappa shape index (κ3) is 4.00. The highest BCUT2D eigenvalue weighted by Gasteiger charge is 2.27. The van der Waals surface area contributed by atoms with Gasteiger partial charge in [0, 0.05) is 13.1 Å². The Kier molecular flexibility index (Phi) is 6.13. The van der Waals surface area contributed by atoms with Crippen LogP contribution in [0.5, 0.6) is 5.75 Å². The smallest absolute Gasteiger partial charge is 0.235 e. The number of thioether (sulfide) groups is 1. The number of hydrogen-bond acceptors (Lipinski definition) is 6. The molecule has 1 aromatic carbocycles. The Morgan fingerprint density at radius 3 is 2.77 bits per heavy atom. The summed E-state index contributed by atoms with van der Waals surface area (Å²) < 4.78 is 7.01. The number of methoxy groups -OCH3 is 1. The maximum atomic E-state index is 12.8. The number of carbonyl (C=O) groups excluding carboxylic acids is 1. The average Bonchev–Trinajstić information content (AvgIpc) is 3.15. The van der Waals surface area contributed by atoms with Crippen LogP contribution in [-0.4, -0.2) is 56.5 Å². The summed E-state index contributed by atoms with van der Waals surface area (Å²) in [5.74, 6) is 0.802. The Morgan fingerprint density at radius 2 is 2.04 bits per heavy atom. The van der Waals surface area contributed by atoms with Crippen molar-refractivity contribution < 1.29 is 9.53 Å². The lowest BCUT2D eigenvalue weighted by atomic mass is 9.94. The molecule has 140 valence electrons. The van der Waals surface area contributed by atoms with E-state index in [0.29, 0.717) is 16.9 Å². The highest BCUT2D eigenvalue weighted by Crippen LogP contribution is 2.29. The van der Waals surface area contributed by atoms with Crippen LogP contribution in [0.3, 0.4) is 0 Å². The van der Waals surface area contributed by atoms with Gasteiger partial charge < -0.3 is 9.64 Å². The second-order valence-corrected chi connectivity index (χ2v) is 7.85. The van der Waals surface area contributed by atoms with Gasteiger partial charge in [0.15, 0.2) is 0 Å². The lowest BCUT2D eigenvalue weighted by Crippen LogP contribution is -2.42. The van der Waals surface area contributed by atoms with Gasteiger partial charge in [0.25, 0.3) is 0 Å². The van der Waals surface area contributed by atoms with Gasteiger partial charge in [-0.15, -0.1) is 5.10 Å². The summed E-state index contributed by atoms with van der Waals surface area (Å²) in [7, 11) is 3.53. The molecule has 7 nitrogen and oxygen atoms in total. The van der Waals surface area contributed by atoms with Crippen LogP contribution in [0.2, 0.25) is 0 Å². The molecule has 0 bridgehead atoms. The van der Waals surface area contributed by atoms with Gasteiger partial charge in [-0.05, 0) is 42.3 Å². The quantitative estimate of drug-likeness (QED) is 0.723. The molecule has 0 unspecified atom stereocenters. The van der Waals surface area contributed by atoms with Crippen LogP contribution in [0.1, 0.15) is 39.0 Å². The molecule has 26 heavy (non-hydrogen) atoms. The lowest BCUT2D eigenvalue weighted by molar-refractivity contribution is -0.131. The summed E-state index contributed by atoms with van der Waals surface area (Å²) in [5.41, 5.74) is 0.753. The SMILES string of the molecule is COc1ccccc1-n1nnnc1S[C@H](C)C(=O)N(C)C1CCCCC1. The number of tetrazole rings is 1. The molecule has 0 N–H and O–H groups in total. The number of carbonyl (C=O) groups is 1. The van der Waals surface area contributed by atoms with Crippen LogP contribution in [0.4, 0.5) is 0 Å². The maximum absolute atomic E-state index is 12.8. The standard InChI is InChI=1S/C18H25N5O2S/c1-13(17(24)22(2)14-9-5-4-6-10-14)26-18-19-20-21-23(18)15-11-7-8-12-16(15)25-3/h7-8,11-14H,4-6,9-10H2,1-3H3/t13-/m1/s1. The Balaban J connectivity index is 1.73. The van der Waals surface area contributed by atoms with Crippen molar-refractivity contribution in [2.75, 3.05) is 14.2 Å². The first kappa shape index (κ1) is 18.7. The van der Waals surface area contributed by atoms with Crippen LogP contribution in [0.25, 0.3) is 5.69 Å². The average molecular weight is 375 g/mol. The Hall–Kier alpha value is -2.09. The van der Waals surface area contributed by atoms with Gasteiger partial charge in [-0.3, -0.25) is 4.79 Å². The summed E-state index contributed by atoms with van der Waals surface area (Å²) in [5, 5.41) is 12.3. The maximum Gasteiger partial charge on any atom is 0.235 e. The number of para-hydroxylation sites is 2. The van der Waals surface area contributed by atoms with E-state index in [1.54, 1.807) is 11.8 Å². The zero-order chi connectivity index (χ0) is 18.5. The Morgan fingerprint density at radius 1 is 1.31 bits per heavy atom. The highest BCUT2D eigenvalue weighted by molar-refractivity contribution is 8.00. The fraction of sp³-hybridized carbons (Fsp3) is 0.556. The number of aromatic nitrogens is 4. The number of nitrogens with zero attached hydrogens (tertiary/aromatic N) is 5. The lowest BCUT2D eigenvalue weighted by Gasteiger charge is -2.32. The molecule has 1 amide bonds. The van der Waals surface area contributed by atoms with Gasteiger partial charge in [0.2, 0.25) is 11.1 Å². The third-order valence-corrected chi connectivity index (χ3v) is 5.87. The number of rotatable bonds is 6. The topological polar surface area (TPSA) is 73.1 Å². The van der Waals surface area contributed by atoms with Crippen molar-refractivity contribution in [1.29, 1.82) is 0 Å². The van der Waals surface area contributed by atoms with Gasteiger partial charge >= 0.3 is 0 Å². The molecular weight excluding hydrogens is 350 g/mol. The molecule has 0 aliphatic heterocycles. The largest absolute Gasteiger partial charge is 0.494 e. The molecule has 1 atom stereocenters. The fourth-order valence-corrected chi connectivity index (χ4v) is 4.25. The minimum absolute atomic E-state index is 0.122. The summed E-state index contributed by atoms with van der Waals surface area (Å²) in [4.78, 5) is 14.8. The van der Waals surface area contributed by atoms with E-state index in [9.17, 15) is 4.79 Å². The van der Waals surface area contributed by atoms with Crippen molar-refractivity contribution in [1.82, 2.24) is 25.1 Å². The second-order valence-electron chi connectivity index (χ2n) is 6.55. The minimum atomic E-state index is -0.263. The van der Waals surface area contributed by atoms with Crippen molar-refractivity contribution in [3.05, 3.63) is 24.3 Å². The van der Waals surface area contributed by atoms with Crippen LogP contribution < -0.4 is 4.74 Å². The number of benzene rings is 1. The number of ether oxygens (including phenoxy) is 1. The van der Waals surface area contributed by atoms with Crippen LogP contribution in [0, 0.1) is 0 Å². The van der Waals surface area contributed by atoms with E-state index in [4.69, 9.17) is 4.74 Å². The summed E-state index contributed by atoms with van der Waals surface area (Å²) in [6, 6.07) is 7.89. The van der Waals surface area contributed by atoms with Crippen molar-refractivity contribution >= 4 is 17.7 Å². The molecule has 1 heterocycles. The molecule has 1 aromatic heterocycles. The predicted molar refractivity (Wildman–Crippen MR) is 101 cm³/mol. The van der Waals surface area contributed by atoms with Gasteiger partial charge in [0.1, 0.15) is 11.4 Å². The summed E-state index contributed by atoms with van der Waals surface area (Å²) in [6.45, 7) is 1.91. The molecule has 1 saturated carbocycles. The zero-order valence-electron chi connectivity index (χ0n) is 15.5. The molecule has 8 heteroatoms. The van der Waals surface area contributed by atoms with Crippen LogP contribution in [0.15, 0.2) is 29.4 Å². The Bertz CT molecular complexity index is 745. The number of hydrogen-bond donors (Lipinski definition) is 0. The van der Waals surface area contributed by atoms with Crippen molar-refractivity contribution in [3.63, 3.8) is 0 Å². The molecule has 0 spiro atoms. The fourth-order valence-electron chi connectivity index (χ4n) is 3.35. The summed E-state index contributed by atoms with van der Waals surface area (Å²) in [6.07, 6.45) is 5.87. The van der Waals surface area contributed by atoms with Gasteiger partial charge in [-0.2, -0.15) is 4.68 Å². The Labute approximate surface area is 158 Å². The van der Waals surface area contributed by atoms with Crippen molar-refractivity contribution in [2.45, 2.75) is 55.5 Å². The molecule has 1 aliphatic rings. The molecule has 3 rings (SSSR count). The third-order valence-electron chi connectivity index (χ3n) is 4.85. The van der Waals surface area contributed by atoms with E-state index in [1.807, 2.05) is 43.1 Å². The minimum Gasteiger partial charge on any atom is -0.494 e. The zero-order valence-corrected chi connectivity index (χ0v) is 16.3. The second kappa shape index (κ2) is 8.53. The monoisotopic (exact) mass is 375 g/mol. The number of amides is 1. The van der Waals surface area contributed by atoms with E-state index in [1.165, 1.54) is 31.0 Å². The van der Waals surface area contributed by atoms with Gasteiger partial charge in [0.05, 0.1) is 12.4 Å². The normalized spacial score (nSPS) is 16.3. The van der Waals surface area contributed by atoms with E-state index < -0.39 is 0 Å². The van der Waals surface area contributed by atoms with E-state index >= 15 is 0 Å².